The van der Waals surface area contributed by atoms with Crippen molar-refractivity contribution in [2.45, 2.75) is 18.9 Å². The molecule has 0 bridgehead atoms. The van der Waals surface area contributed by atoms with Gasteiger partial charge in [0, 0.05) is 16.6 Å². The molecule has 1 aromatic carbocycles. The Kier molecular flexibility index (Phi) is 4.25. The van der Waals surface area contributed by atoms with Crippen LogP contribution in [0.2, 0.25) is 5.02 Å². The molecule has 0 amide bonds. The van der Waals surface area contributed by atoms with Crippen LogP contribution in [-0.4, -0.2) is 27.4 Å². The Morgan fingerprint density at radius 2 is 2.26 bits per heavy atom. The van der Waals surface area contributed by atoms with E-state index in [1.807, 2.05) is 0 Å². The number of halogens is 2. The van der Waals surface area contributed by atoms with Gasteiger partial charge in [0.25, 0.3) is 0 Å². The van der Waals surface area contributed by atoms with E-state index < -0.39 is 5.60 Å². The molecule has 0 fully saturated rings. The van der Waals surface area contributed by atoms with Gasteiger partial charge in [0.2, 0.25) is 11.7 Å². The first-order valence-corrected chi connectivity index (χ1v) is 6.79. The van der Waals surface area contributed by atoms with Crippen LogP contribution < -0.4 is 5.73 Å². The third kappa shape index (κ3) is 3.54. The van der Waals surface area contributed by atoms with Gasteiger partial charge in [-0.1, -0.05) is 16.8 Å². The zero-order chi connectivity index (χ0) is 14.0. The van der Waals surface area contributed by atoms with Crippen LogP contribution in [0.4, 0.5) is 0 Å². The van der Waals surface area contributed by atoms with Crippen molar-refractivity contribution in [3.8, 4) is 11.4 Å². The summed E-state index contributed by atoms with van der Waals surface area (Å²) < 4.78 is 5.86. The fourth-order valence-corrected chi connectivity index (χ4v) is 1.97. The Morgan fingerprint density at radius 1 is 1.53 bits per heavy atom. The number of aliphatic hydroxyl groups is 1. The third-order valence-corrected chi connectivity index (χ3v) is 3.83. The van der Waals surface area contributed by atoms with Crippen LogP contribution in [0, 0.1) is 0 Å². The number of hydrogen-bond acceptors (Lipinski definition) is 5. The molecule has 0 radical (unpaired) electrons. The Hall–Kier alpha value is -0.950. The molecule has 5 nitrogen and oxygen atoms in total. The summed E-state index contributed by atoms with van der Waals surface area (Å²) in [6.07, 6.45) is 0.214. The highest BCUT2D eigenvalue weighted by atomic mass is 79.9. The fraction of sp³-hybridized carbons (Fsp3) is 0.333. The molecule has 1 atom stereocenters. The molecule has 0 spiro atoms. The van der Waals surface area contributed by atoms with Crippen molar-refractivity contribution in [2.75, 3.05) is 6.54 Å². The summed E-state index contributed by atoms with van der Waals surface area (Å²) in [6.45, 7) is 1.74. The maximum absolute atomic E-state index is 9.86. The van der Waals surface area contributed by atoms with Gasteiger partial charge in [-0.25, -0.2) is 0 Å². The van der Waals surface area contributed by atoms with Crippen LogP contribution in [0.1, 0.15) is 12.8 Å². The zero-order valence-electron chi connectivity index (χ0n) is 10.2. The van der Waals surface area contributed by atoms with Gasteiger partial charge < -0.3 is 15.4 Å². The van der Waals surface area contributed by atoms with Crippen LogP contribution in [0.15, 0.2) is 27.2 Å². The first kappa shape index (κ1) is 14.5. The molecule has 1 aromatic heterocycles. The van der Waals surface area contributed by atoms with E-state index in [4.69, 9.17) is 21.9 Å². The highest BCUT2D eigenvalue weighted by Crippen LogP contribution is 2.27. The summed E-state index contributed by atoms with van der Waals surface area (Å²) in [4.78, 5) is 4.23. The molecule has 102 valence electrons. The number of hydrogen-bond donors (Lipinski definition) is 2. The minimum Gasteiger partial charge on any atom is -0.388 e. The average Bonchev–Trinajstić information content (AvgIpc) is 2.80. The summed E-state index contributed by atoms with van der Waals surface area (Å²) in [5.41, 5.74) is 5.17. The van der Waals surface area contributed by atoms with E-state index >= 15 is 0 Å². The number of nitrogens with two attached hydrogens (primary N) is 1. The lowest BCUT2D eigenvalue weighted by molar-refractivity contribution is 0.0610. The van der Waals surface area contributed by atoms with Gasteiger partial charge in [0.15, 0.2) is 0 Å². The van der Waals surface area contributed by atoms with Gasteiger partial charge in [0.05, 0.1) is 17.0 Å². The van der Waals surface area contributed by atoms with Crippen LogP contribution in [0.3, 0.4) is 0 Å². The quantitative estimate of drug-likeness (QED) is 0.888. The molecule has 0 aliphatic rings. The van der Waals surface area contributed by atoms with E-state index in [1.165, 1.54) is 0 Å². The minimum atomic E-state index is -1.05. The van der Waals surface area contributed by atoms with Crippen molar-refractivity contribution in [3.63, 3.8) is 0 Å². The van der Waals surface area contributed by atoms with Gasteiger partial charge in [-0.05, 0) is 41.1 Å². The Balaban J connectivity index is 2.23. The third-order valence-electron chi connectivity index (χ3n) is 2.62. The van der Waals surface area contributed by atoms with Crippen LogP contribution in [0.25, 0.3) is 11.4 Å². The van der Waals surface area contributed by atoms with E-state index in [1.54, 1.807) is 25.1 Å². The van der Waals surface area contributed by atoms with E-state index in [9.17, 15) is 5.11 Å². The number of benzene rings is 1. The van der Waals surface area contributed by atoms with Gasteiger partial charge in [-0.2, -0.15) is 4.98 Å². The summed E-state index contributed by atoms with van der Waals surface area (Å²) in [6, 6.07) is 5.34. The second-order valence-electron chi connectivity index (χ2n) is 4.52. The fourth-order valence-electron chi connectivity index (χ4n) is 1.48. The van der Waals surface area contributed by atoms with E-state index in [2.05, 4.69) is 26.1 Å². The molecular weight excluding hydrogens is 334 g/mol. The lowest BCUT2D eigenvalue weighted by atomic mass is 10.0. The smallest absolute Gasteiger partial charge is 0.229 e. The van der Waals surface area contributed by atoms with Crippen LogP contribution in [-0.2, 0) is 6.42 Å². The normalized spacial score (nSPS) is 14.4. The van der Waals surface area contributed by atoms with Gasteiger partial charge in [-0.3, -0.25) is 0 Å². The Bertz CT molecular complexity index is 586. The molecule has 0 aliphatic carbocycles. The zero-order valence-corrected chi connectivity index (χ0v) is 12.6. The molecule has 2 aromatic rings. The van der Waals surface area contributed by atoms with Crippen molar-refractivity contribution in [3.05, 3.63) is 33.6 Å². The maximum atomic E-state index is 9.86. The van der Waals surface area contributed by atoms with Crippen molar-refractivity contribution in [1.29, 1.82) is 0 Å². The van der Waals surface area contributed by atoms with Crippen molar-refractivity contribution >= 4 is 27.5 Å². The Morgan fingerprint density at radius 3 is 2.89 bits per heavy atom. The molecule has 2 rings (SSSR count). The highest BCUT2D eigenvalue weighted by molar-refractivity contribution is 9.10. The van der Waals surface area contributed by atoms with Crippen molar-refractivity contribution < 1.29 is 9.63 Å². The molecule has 3 N–H and O–H groups in total. The predicted molar refractivity (Wildman–Crippen MR) is 75.8 cm³/mol. The number of rotatable bonds is 4. The minimum absolute atomic E-state index is 0.122. The molecule has 1 heterocycles. The standard InChI is InChI=1S/C12H13BrClN3O2/c1-12(18,6-15)5-10-16-11(17-19-10)7-2-3-9(14)8(13)4-7/h2-4,18H,5-6,15H2,1H3. The summed E-state index contributed by atoms with van der Waals surface area (Å²) in [5.74, 6) is 0.789. The summed E-state index contributed by atoms with van der Waals surface area (Å²) >= 11 is 9.26. The lowest BCUT2D eigenvalue weighted by Gasteiger charge is -2.17. The van der Waals surface area contributed by atoms with E-state index in [0.717, 1.165) is 10.0 Å². The van der Waals surface area contributed by atoms with E-state index in [-0.39, 0.29) is 13.0 Å². The van der Waals surface area contributed by atoms with Crippen LogP contribution in [0.5, 0.6) is 0 Å². The van der Waals surface area contributed by atoms with Gasteiger partial charge in [-0.15, -0.1) is 0 Å². The number of nitrogens with zero attached hydrogens (tertiary/aromatic N) is 2. The topological polar surface area (TPSA) is 85.2 Å². The Labute approximate surface area is 123 Å². The largest absolute Gasteiger partial charge is 0.388 e. The van der Waals surface area contributed by atoms with E-state index in [0.29, 0.717) is 16.7 Å². The predicted octanol–water partition coefficient (Wildman–Crippen LogP) is 2.40. The first-order valence-electron chi connectivity index (χ1n) is 5.62. The average molecular weight is 347 g/mol. The van der Waals surface area contributed by atoms with Crippen molar-refractivity contribution in [2.24, 2.45) is 5.73 Å². The molecule has 19 heavy (non-hydrogen) atoms. The molecule has 7 heteroatoms. The highest BCUT2D eigenvalue weighted by Gasteiger charge is 2.23. The van der Waals surface area contributed by atoms with Crippen molar-refractivity contribution in [1.82, 2.24) is 10.1 Å². The molecule has 1 unspecified atom stereocenters. The van der Waals surface area contributed by atoms with Gasteiger partial charge in [0.1, 0.15) is 0 Å². The first-order chi connectivity index (χ1) is 8.91. The lowest BCUT2D eigenvalue weighted by Crippen LogP contribution is -2.36. The molecule has 0 saturated carbocycles. The van der Waals surface area contributed by atoms with Gasteiger partial charge >= 0.3 is 0 Å². The molecular formula is C12H13BrClN3O2. The van der Waals surface area contributed by atoms with Crippen LogP contribution >= 0.6 is 27.5 Å². The summed E-state index contributed by atoms with van der Waals surface area (Å²) in [5, 5.41) is 14.3. The number of aromatic nitrogens is 2. The monoisotopic (exact) mass is 345 g/mol. The maximum Gasteiger partial charge on any atom is 0.229 e. The molecule has 0 aliphatic heterocycles. The second kappa shape index (κ2) is 5.58. The summed E-state index contributed by atoms with van der Waals surface area (Å²) in [7, 11) is 0. The molecule has 0 saturated heterocycles. The second-order valence-corrected chi connectivity index (χ2v) is 5.78. The SMILES string of the molecule is CC(O)(CN)Cc1nc(-c2ccc(Cl)c(Br)c2)no1.